The number of hydrogen-bond acceptors (Lipinski definition) is 9. The van der Waals surface area contributed by atoms with Crippen LogP contribution >= 0.6 is 0 Å². The van der Waals surface area contributed by atoms with Gasteiger partial charge >= 0.3 is 11.9 Å². The highest BCUT2D eigenvalue weighted by Gasteiger charge is 2.51. The number of benzene rings is 2. The maximum absolute atomic E-state index is 12.7. The maximum Gasteiger partial charge on any atom is 0.338 e. The van der Waals surface area contributed by atoms with E-state index in [2.05, 4.69) is 4.84 Å². The second-order valence-electron chi connectivity index (χ2n) is 7.45. The largest absolute Gasteiger partial charge is 0.453 e. The van der Waals surface area contributed by atoms with Crippen LogP contribution in [-0.2, 0) is 30.4 Å². The summed E-state index contributed by atoms with van der Waals surface area (Å²) in [6.45, 7) is 1.64. The summed E-state index contributed by atoms with van der Waals surface area (Å²) in [4.78, 5) is 40.1. The van der Waals surface area contributed by atoms with E-state index in [0.29, 0.717) is 11.1 Å². The van der Waals surface area contributed by atoms with Crippen molar-refractivity contribution in [3.05, 3.63) is 80.9 Å². The topological polar surface area (TPSA) is 123 Å². The fourth-order valence-corrected chi connectivity index (χ4v) is 3.80. The minimum atomic E-state index is -0.928. The van der Waals surface area contributed by atoms with E-state index in [1.165, 1.54) is 6.07 Å². The minimum Gasteiger partial charge on any atom is -0.453 e. The van der Waals surface area contributed by atoms with Crippen LogP contribution in [0.25, 0.3) is 0 Å². The second-order valence-corrected chi connectivity index (χ2v) is 7.45. The second kappa shape index (κ2) is 9.33. The standard InChI is InChI=1S/C22H21NO9/c1-13-6-2-4-8-15(13)21(24)31-17-11-28-20-18(12-29-19(17)20)32-22(25)16-9-5-3-7-14(16)10-30-23(26)27/h2-9,17-20H,10-12H2,1H3/t17-,18?,19+,20?/m0/s1. The van der Waals surface area contributed by atoms with Crippen molar-refractivity contribution >= 4 is 11.9 Å². The quantitative estimate of drug-likeness (QED) is 0.360. The average molecular weight is 443 g/mol. The van der Waals surface area contributed by atoms with Crippen LogP contribution in [0.15, 0.2) is 48.5 Å². The Kier molecular flexibility index (Phi) is 6.33. The molecule has 2 aromatic carbocycles. The van der Waals surface area contributed by atoms with Gasteiger partial charge < -0.3 is 23.8 Å². The lowest BCUT2D eigenvalue weighted by Gasteiger charge is -2.18. The third-order valence-electron chi connectivity index (χ3n) is 5.41. The van der Waals surface area contributed by atoms with Gasteiger partial charge in [0.2, 0.25) is 0 Å². The third-order valence-corrected chi connectivity index (χ3v) is 5.41. The molecule has 0 spiro atoms. The molecule has 4 atom stereocenters. The number of carbonyl (C=O) groups is 2. The van der Waals surface area contributed by atoms with Crippen molar-refractivity contribution in [1.82, 2.24) is 0 Å². The van der Waals surface area contributed by atoms with Crippen LogP contribution in [0.2, 0.25) is 0 Å². The molecule has 2 saturated heterocycles. The van der Waals surface area contributed by atoms with Gasteiger partial charge in [-0.1, -0.05) is 36.4 Å². The van der Waals surface area contributed by atoms with E-state index in [1.54, 1.807) is 30.3 Å². The Hall–Kier alpha value is -3.50. The molecule has 2 aliphatic heterocycles. The van der Waals surface area contributed by atoms with Crippen LogP contribution < -0.4 is 0 Å². The van der Waals surface area contributed by atoms with Crippen molar-refractivity contribution in [1.29, 1.82) is 0 Å². The number of ether oxygens (including phenoxy) is 4. The first-order valence-electron chi connectivity index (χ1n) is 10.00. The normalized spacial score (nSPS) is 23.9. The van der Waals surface area contributed by atoms with Crippen LogP contribution in [0.5, 0.6) is 0 Å². The third kappa shape index (κ3) is 4.56. The molecule has 2 aliphatic rings. The van der Waals surface area contributed by atoms with Crippen molar-refractivity contribution < 1.29 is 38.5 Å². The Morgan fingerprint density at radius 3 is 2.06 bits per heavy atom. The minimum absolute atomic E-state index is 0.0764. The molecular formula is C22H21NO9. The highest BCUT2D eigenvalue weighted by Crippen LogP contribution is 2.32. The number of carbonyl (C=O) groups excluding carboxylic acids is 2. The molecule has 0 saturated carbocycles. The molecule has 0 N–H and O–H groups in total. The summed E-state index contributed by atoms with van der Waals surface area (Å²) >= 11 is 0. The molecule has 2 fully saturated rings. The monoisotopic (exact) mass is 443 g/mol. The molecule has 2 heterocycles. The molecule has 0 radical (unpaired) electrons. The summed E-state index contributed by atoms with van der Waals surface area (Å²) in [6.07, 6.45) is -2.49. The molecule has 2 aromatic rings. The Bertz CT molecular complexity index is 1020. The molecule has 4 rings (SSSR count). The van der Waals surface area contributed by atoms with Crippen molar-refractivity contribution in [2.45, 2.75) is 37.9 Å². The van der Waals surface area contributed by atoms with E-state index in [0.717, 1.165) is 5.56 Å². The predicted molar refractivity (Wildman–Crippen MR) is 107 cm³/mol. The lowest BCUT2D eigenvalue weighted by molar-refractivity contribution is -0.763. The summed E-state index contributed by atoms with van der Waals surface area (Å²) in [7, 11) is 0. The van der Waals surface area contributed by atoms with Crippen LogP contribution in [0.1, 0.15) is 31.8 Å². The van der Waals surface area contributed by atoms with Crippen LogP contribution in [0.4, 0.5) is 0 Å². The molecule has 168 valence electrons. The molecule has 10 nitrogen and oxygen atoms in total. The van der Waals surface area contributed by atoms with Gasteiger partial charge in [-0.25, -0.2) is 9.59 Å². The number of esters is 2. The van der Waals surface area contributed by atoms with Gasteiger partial charge in [0.15, 0.2) is 12.2 Å². The molecular weight excluding hydrogens is 422 g/mol. The molecule has 0 aliphatic carbocycles. The Balaban J connectivity index is 1.38. The number of aryl methyl sites for hydroxylation is 1. The van der Waals surface area contributed by atoms with E-state index in [-0.39, 0.29) is 25.4 Å². The van der Waals surface area contributed by atoms with E-state index in [1.807, 2.05) is 19.1 Å². The SMILES string of the molecule is Cc1ccccc1C(=O)O[C@H]1COC2C(OC(=O)c3ccccc3CO[N+](=O)[O-])CO[C@@H]21. The first-order valence-corrected chi connectivity index (χ1v) is 10.00. The van der Waals surface area contributed by atoms with Crippen molar-refractivity contribution in [2.75, 3.05) is 13.2 Å². The zero-order valence-corrected chi connectivity index (χ0v) is 17.2. The smallest absolute Gasteiger partial charge is 0.338 e. The number of fused-ring (bicyclic) bond motifs is 1. The molecule has 32 heavy (non-hydrogen) atoms. The van der Waals surface area contributed by atoms with Gasteiger partial charge in [-0.15, -0.1) is 10.1 Å². The van der Waals surface area contributed by atoms with Gasteiger partial charge in [0.25, 0.3) is 5.09 Å². The molecule has 2 unspecified atom stereocenters. The summed E-state index contributed by atoms with van der Waals surface area (Å²) < 4.78 is 22.6. The van der Waals surface area contributed by atoms with Crippen molar-refractivity contribution in [3.8, 4) is 0 Å². The summed E-state index contributed by atoms with van der Waals surface area (Å²) in [5.74, 6) is -1.15. The highest BCUT2D eigenvalue weighted by atomic mass is 16.9. The van der Waals surface area contributed by atoms with E-state index in [4.69, 9.17) is 18.9 Å². The van der Waals surface area contributed by atoms with Crippen molar-refractivity contribution in [2.24, 2.45) is 0 Å². The zero-order valence-electron chi connectivity index (χ0n) is 17.2. The van der Waals surface area contributed by atoms with Gasteiger partial charge in [-0.05, 0) is 30.2 Å². The number of hydrogen-bond donors (Lipinski definition) is 0. The van der Waals surface area contributed by atoms with Crippen LogP contribution in [0.3, 0.4) is 0 Å². The highest BCUT2D eigenvalue weighted by molar-refractivity contribution is 5.91. The molecule has 0 bridgehead atoms. The zero-order chi connectivity index (χ0) is 22.7. The fourth-order valence-electron chi connectivity index (χ4n) is 3.80. The van der Waals surface area contributed by atoms with Gasteiger partial charge in [0.1, 0.15) is 18.8 Å². The first kappa shape index (κ1) is 21.7. The van der Waals surface area contributed by atoms with Crippen LogP contribution in [0, 0.1) is 17.0 Å². The van der Waals surface area contributed by atoms with Gasteiger partial charge in [-0.2, -0.15) is 0 Å². The number of nitrogens with zero attached hydrogens (tertiary/aromatic N) is 1. The van der Waals surface area contributed by atoms with Crippen LogP contribution in [-0.4, -0.2) is 54.7 Å². The molecule has 0 amide bonds. The van der Waals surface area contributed by atoms with Gasteiger partial charge in [-0.3, -0.25) is 0 Å². The Morgan fingerprint density at radius 2 is 1.47 bits per heavy atom. The van der Waals surface area contributed by atoms with E-state index in [9.17, 15) is 19.7 Å². The molecule has 0 aromatic heterocycles. The number of rotatable bonds is 7. The Morgan fingerprint density at radius 1 is 0.938 bits per heavy atom. The lowest BCUT2D eigenvalue weighted by atomic mass is 10.1. The molecule has 10 heteroatoms. The summed E-state index contributed by atoms with van der Waals surface area (Å²) in [6, 6.07) is 13.4. The fraction of sp³-hybridized carbons (Fsp3) is 0.364. The summed E-state index contributed by atoms with van der Waals surface area (Å²) in [5.41, 5.74) is 1.73. The summed E-state index contributed by atoms with van der Waals surface area (Å²) in [5, 5.41) is 9.54. The van der Waals surface area contributed by atoms with E-state index < -0.39 is 41.4 Å². The average Bonchev–Trinajstić information content (AvgIpc) is 3.36. The van der Waals surface area contributed by atoms with Crippen molar-refractivity contribution in [3.63, 3.8) is 0 Å². The predicted octanol–water partition coefficient (Wildman–Crippen LogP) is 2.25. The first-order chi connectivity index (χ1) is 15.4. The lowest BCUT2D eigenvalue weighted by Crippen LogP contribution is -2.36. The van der Waals surface area contributed by atoms with Gasteiger partial charge in [0, 0.05) is 0 Å². The van der Waals surface area contributed by atoms with Gasteiger partial charge in [0.05, 0.1) is 24.3 Å². The maximum atomic E-state index is 12.7. The van der Waals surface area contributed by atoms with E-state index >= 15 is 0 Å². The Labute approximate surface area is 183 Å².